The Balaban J connectivity index is 1.31. The topological polar surface area (TPSA) is 88.8 Å². The molecule has 0 unspecified atom stereocenters. The molecule has 37 heavy (non-hydrogen) atoms. The molecule has 2 aromatic heterocycles. The van der Waals surface area contributed by atoms with Crippen LogP contribution < -0.4 is 15.2 Å². The van der Waals surface area contributed by atoms with Crippen LogP contribution in [0.3, 0.4) is 0 Å². The van der Waals surface area contributed by atoms with Gasteiger partial charge in [-0.1, -0.05) is 17.7 Å². The van der Waals surface area contributed by atoms with E-state index in [9.17, 15) is 4.39 Å². The van der Waals surface area contributed by atoms with Crippen LogP contribution in [0.5, 0.6) is 17.2 Å². The fraction of sp³-hybridized carbons (Fsp3) is 0.250. The van der Waals surface area contributed by atoms with Gasteiger partial charge in [-0.05, 0) is 50.1 Å². The number of nitrogen functional groups attached to an aromatic ring is 1. The van der Waals surface area contributed by atoms with Crippen LogP contribution in [0.1, 0.15) is 35.7 Å². The standard InChI is InChI=1S/C28H26FN5O3/c1-18-3-4-19(16-32-18)17-36-24-13-21(29)14-25(15-24)37-23-7-5-22(6-8-23)34-28(31-2)26(30)27(33-34)20-9-11-35-12-10-20/h3-8,13-16,20H,9-12,17,30H2,1H3. The summed E-state index contributed by atoms with van der Waals surface area (Å²) >= 11 is 0. The molecule has 0 amide bonds. The zero-order chi connectivity index (χ0) is 25.8. The van der Waals surface area contributed by atoms with Crippen LogP contribution in [0.2, 0.25) is 0 Å². The first-order valence-corrected chi connectivity index (χ1v) is 12.0. The second-order valence-corrected chi connectivity index (χ2v) is 8.85. The fourth-order valence-corrected chi connectivity index (χ4v) is 4.22. The number of pyridine rings is 1. The van der Waals surface area contributed by atoms with Crippen molar-refractivity contribution in [1.29, 1.82) is 0 Å². The molecule has 8 nitrogen and oxygen atoms in total. The smallest absolute Gasteiger partial charge is 0.280 e. The third-order valence-corrected chi connectivity index (χ3v) is 6.18. The van der Waals surface area contributed by atoms with E-state index in [-0.39, 0.29) is 18.3 Å². The molecule has 1 saturated heterocycles. The number of aryl methyl sites for hydroxylation is 1. The van der Waals surface area contributed by atoms with Gasteiger partial charge in [0.05, 0.1) is 11.4 Å². The van der Waals surface area contributed by atoms with Crippen molar-refractivity contribution < 1.29 is 18.6 Å². The lowest BCUT2D eigenvalue weighted by Gasteiger charge is -2.20. The minimum absolute atomic E-state index is 0.171. The Morgan fingerprint density at radius 2 is 1.84 bits per heavy atom. The normalized spacial score (nSPS) is 13.8. The van der Waals surface area contributed by atoms with E-state index in [0.717, 1.165) is 29.8 Å². The largest absolute Gasteiger partial charge is 0.489 e. The summed E-state index contributed by atoms with van der Waals surface area (Å²) in [5.74, 6) is 1.13. The van der Waals surface area contributed by atoms with Gasteiger partial charge in [0, 0.05) is 54.8 Å². The van der Waals surface area contributed by atoms with E-state index in [4.69, 9.17) is 26.5 Å². The number of hydrogen-bond acceptors (Lipinski definition) is 6. The van der Waals surface area contributed by atoms with Crippen molar-refractivity contribution >= 4 is 11.5 Å². The van der Waals surface area contributed by atoms with Gasteiger partial charge in [0.1, 0.15) is 35.4 Å². The number of nitrogens with two attached hydrogens (primary N) is 1. The van der Waals surface area contributed by atoms with Gasteiger partial charge in [0.25, 0.3) is 5.82 Å². The van der Waals surface area contributed by atoms with Crippen LogP contribution in [0.4, 0.5) is 15.9 Å². The van der Waals surface area contributed by atoms with Gasteiger partial charge in [0.2, 0.25) is 0 Å². The maximum atomic E-state index is 14.2. The van der Waals surface area contributed by atoms with E-state index in [2.05, 4.69) is 14.9 Å². The molecule has 2 aromatic carbocycles. The number of aromatic nitrogens is 3. The van der Waals surface area contributed by atoms with Crippen LogP contribution >= 0.6 is 0 Å². The summed E-state index contributed by atoms with van der Waals surface area (Å²) < 4.78 is 32.9. The molecule has 4 aromatic rings. The number of benzene rings is 2. The van der Waals surface area contributed by atoms with Crippen molar-refractivity contribution in [2.24, 2.45) is 0 Å². The predicted octanol–water partition coefficient (Wildman–Crippen LogP) is 6.11. The molecule has 0 spiro atoms. The fourth-order valence-electron chi connectivity index (χ4n) is 4.22. The van der Waals surface area contributed by atoms with Crippen LogP contribution in [0.25, 0.3) is 10.5 Å². The highest BCUT2D eigenvalue weighted by Crippen LogP contribution is 2.37. The lowest BCUT2D eigenvalue weighted by molar-refractivity contribution is 0.0845. The molecule has 1 aliphatic rings. The Kier molecular flexibility index (Phi) is 7.01. The molecule has 1 fully saturated rings. The molecule has 9 heteroatoms. The van der Waals surface area contributed by atoms with Crippen molar-refractivity contribution in [3.8, 4) is 22.9 Å². The van der Waals surface area contributed by atoms with E-state index in [1.165, 1.54) is 12.1 Å². The van der Waals surface area contributed by atoms with Crippen molar-refractivity contribution in [1.82, 2.24) is 14.8 Å². The summed E-state index contributed by atoms with van der Waals surface area (Å²) in [5.41, 5.74) is 9.92. The van der Waals surface area contributed by atoms with Crippen molar-refractivity contribution in [3.63, 3.8) is 0 Å². The zero-order valence-electron chi connectivity index (χ0n) is 20.4. The molecule has 0 atom stereocenters. The Bertz CT molecular complexity index is 1420. The van der Waals surface area contributed by atoms with Gasteiger partial charge < -0.3 is 24.8 Å². The number of hydrogen-bond donors (Lipinski definition) is 1. The first-order valence-electron chi connectivity index (χ1n) is 12.0. The molecular weight excluding hydrogens is 473 g/mol. The Morgan fingerprint density at radius 1 is 1.08 bits per heavy atom. The van der Waals surface area contributed by atoms with Gasteiger partial charge in [-0.2, -0.15) is 4.68 Å². The lowest BCUT2D eigenvalue weighted by Crippen LogP contribution is -2.15. The second-order valence-electron chi connectivity index (χ2n) is 8.85. The summed E-state index contributed by atoms with van der Waals surface area (Å²) in [4.78, 5) is 7.86. The summed E-state index contributed by atoms with van der Waals surface area (Å²) in [6.07, 6.45) is 3.38. The highest BCUT2D eigenvalue weighted by Gasteiger charge is 2.26. The van der Waals surface area contributed by atoms with E-state index < -0.39 is 5.82 Å². The van der Waals surface area contributed by atoms with E-state index in [1.54, 1.807) is 41.2 Å². The molecular formula is C28H26FN5O3. The Hall–Kier alpha value is -4.42. The number of rotatable bonds is 7. The quantitative estimate of drug-likeness (QED) is 0.309. The summed E-state index contributed by atoms with van der Waals surface area (Å²) in [7, 11) is 0. The number of ether oxygens (including phenoxy) is 3. The van der Waals surface area contributed by atoms with Gasteiger partial charge in [-0.15, -0.1) is 0 Å². The third kappa shape index (κ3) is 5.55. The maximum absolute atomic E-state index is 14.2. The van der Waals surface area contributed by atoms with Crippen LogP contribution in [-0.2, 0) is 11.3 Å². The molecule has 5 rings (SSSR count). The Labute approximate surface area is 214 Å². The molecule has 1 aliphatic heterocycles. The summed E-state index contributed by atoms with van der Waals surface area (Å²) in [6.45, 7) is 11.1. The molecule has 0 radical (unpaired) electrons. The van der Waals surface area contributed by atoms with Gasteiger partial charge in [-0.25, -0.2) is 4.39 Å². The number of halogens is 1. The number of nitrogens with zero attached hydrogens (tertiary/aromatic N) is 4. The predicted molar refractivity (Wildman–Crippen MR) is 137 cm³/mol. The molecule has 2 N–H and O–H groups in total. The highest BCUT2D eigenvalue weighted by atomic mass is 19.1. The second kappa shape index (κ2) is 10.7. The molecule has 0 aliphatic carbocycles. The molecule has 188 valence electrons. The average molecular weight is 500 g/mol. The minimum Gasteiger partial charge on any atom is -0.489 e. The van der Waals surface area contributed by atoms with Gasteiger partial charge in [0.15, 0.2) is 0 Å². The average Bonchev–Trinajstić information content (AvgIpc) is 3.25. The van der Waals surface area contributed by atoms with E-state index >= 15 is 0 Å². The first-order chi connectivity index (χ1) is 18.0. The van der Waals surface area contributed by atoms with Crippen LogP contribution in [0, 0.1) is 19.3 Å². The lowest BCUT2D eigenvalue weighted by atomic mass is 9.96. The molecule has 0 bridgehead atoms. The van der Waals surface area contributed by atoms with E-state index in [1.807, 2.05) is 19.1 Å². The van der Waals surface area contributed by atoms with Crippen LogP contribution in [0.15, 0.2) is 60.8 Å². The maximum Gasteiger partial charge on any atom is 0.280 e. The van der Waals surface area contributed by atoms with Gasteiger partial charge in [-0.3, -0.25) is 4.98 Å². The Morgan fingerprint density at radius 3 is 2.54 bits per heavy atom. The summed E-state index contributed by atoms with van der Waals surface area (Å²) in [5, 5.41) is 4.67. The molecule has 0 saturated carbocycles. The minimum atomic E-state index is -0.472. The zero-order valence-corrected chi connectivity index (χ0v) is 20.4. The first kappa shape index (κ1) is 24.3. The molecule has 3 heterocycles. The SMILES string of the molecule is [C-]#[N+]c1c(N)c(C2CCOCC2)nn1-c1ccc(Oc2cc(F)cc(OCc3ccc(C)nc3)c2)cc1. The van der Waals surface area contributed by atoms with Crippen molar-refractivity contribution in [2.45, 2.75) is 32.3 Å². The van der Waals surface area contributed by atoms with Gasteiger partial charge >= 0.3 is 0 Å². The van der Waals surface area contributed by atoms with Crippen molar-refractivity contribution in [3.05, 3.63) is 95.0 Å². The highest BCUT2D eigenvalue weighted by molar-refractivity contribution is 5.69. The monoisotopic (exact) mass is 499 g/mol. The third-order valence-electron chi connectivity index (χ3n) is 6.18. The van der Waals surface area contributed by atoms with Crippen molar-refractivity contribution in [2.75, 3.05) is 18.9 Å². The van der Waals surface area contributed by atoms with E-state index in [0.29, 0.717) is 41.8 Å². The number of anilines is 1. The van der Waals surface area contributed by atoms with Crippen LogP contribution in [-0.4, -0.2) is 28.0 Å². The summed E-state index contributed by atoms with van der Waals surface area (Å²) in [6, 6.07) is 15.1.